The van der Waals surface area contributed by atoms with Gasteiger partial charge in [0, 0.05) is 24.8 Å². The van der Waals surface area contributed by atoms with E-state index in [9.17, 15) is 17.6 Å². The van der Waals surface area contributed by atoms with E-state index >= 15 is 0 Å². The largest absolute Gasteiger partial charge is 0.484 e. The fourth-order valence-electron chi connectivity index (χ4n) is 3.04. The summed E-state index contributed by atoms with van der Waals surface area (Å²) in [7, 11) is -3.52. The molecule has 0 spiro atoms. The summed E-state index contributed by atoms with van der Waals surface area (Å²) in [4.78, 5) is 12.2. The van der Waals surface area contributed by atoms with E-state index in [-0.39, 0.29) is 17.3 Å². The second kappa shape index (κ2) is 9.16. The molecule has 0 atom stereocenters. The van der Waals surface area contributed by atoms with E-state index in [1.54, 1.807) is 18.2 Å². The van der Waals surface area contributed by atoms with Gasteiger partial charge in [-0.25, -0.2) is 12.8 Å². The molecule has 1 fully saturated rings. The maximum Gasteiger partial charge on any atom is 0.262 e. The van der Waals surface area contributed by atoms with Gasteiger partial charge >= 0.3 is 0 Å². The van der Waals surface area contributed by atoms with Crippen molar-refractivity contribution >= 4 is 21.6 Å². The molecule has 0 saturated carbocycles. The third kappa shape index (κ3) is 5.30. The van der Waals surface area contributed by atoms with Crippen molar-refractivity contribution in [1.82, 2.24) is 4.31 Å². The molecule has 150 valence electrons. The molecule has 3 rings (SSSR count). The maximum absolute atomic E-state index is 13.1. The van der Waals surface area contributed by atoms with Crippen LogP contribution in [-0.4, -0.2) is 38.3 Å². The van der Waals surface area contributed by atoms with Gasteiger partial charge in [-0.05, 0) is 49.2 Å². The van der Waals surface area contributed by atoms with Gasteiger partial charge in [0.2, 0.25) is 10.0 Å². The fourth-order valence-corrected chi connectivity index (χ4v) is 4.56. The lowest BCUT2D eigenvalue weighted by Gasteiger charge is -2.20. The van der Waals surface area contributed by atoms with Gasteiger partial charge in [-0.1, -0.05) is 18.9 Å². The molecule has 2 aromatic carbocycles. The number of halogens is 1. The van der Waals surface area contributed by atoms with Crippen LogP contribution < -0.4 is 10.1 Å². The molecule has 0 unspecified atom stereocenters. The first-order chi connectivity index (χ1) is 13.4. The molecule has 1 aliphatic heterocycles. The zero-order valence-electron chi connectivity index (χ0n) is 15.4. The van der Waals surface area contributed by atoms with E-state index in [0.717, 1.165) is 25.7 Å². The molecule has 0 bridgehead atoms. The highest BCUT2D eigenvalue weighted by atomic mass is 32.2. The average Bonchev–Trinajstić information content (AvgIpc) is 2.97. The molecule has 1 amide bonds. The Morgan fingerprint density at radius 3 is 2.36 bits per heavy atom. The summed E-state index contributed by atoms with van der Waals surface area (Å²) >= 11 is 0. The van der Waals surface area contributed by atoms with Crippen molar-refractivity contribution < 1.29 is 22.3 Å². The van der Waals surface area contributed by atoms with Gasteiger partial charge in [0.05, 0.1) is 4.90 Å². The number of rotatable bonds is 6. The number of benzene rings is 2. The average molecular weight is 406 g/mol. The Kier molecular flexibility index (Phi) is 6.64. The third-order valence-corrected chi connectivity index (χ3v) is 6.42. The molecule has 0 radical (unpaired) electrons. The van der Waals surface area contributed by atoms with Crippen molar-refractivity contribution in [2.45, 2.75) is 30.6 Å². The van der Waals surface area contributed by atoms with Gasteiger partial charge in [0.15, 0.2) is 6.61 Å². The number of carbonyl (C=O) groups is 1. The number of amides is 1. The lowest BCUT2D eigenvalue weighted by Crippen LogP contribution is -2.31. The minimum absolute atomic E-state index is 0.211. The van der Waals surface area contributed by atoms with Gasteiger partial charge in [-0.2, -0.15) is 4.31 Å². The number of ether oxygens (including phenoxy) is 1. The van der Waals surface area contributed by atoms with Crippen molar-refractivity contribution in [3.63, 3.8) is 0 Å². The van der Waals surface area contributed by atoms with Crippen LogP contribution in [0.1, 0.15) is 25.7 Å². The maximum atomic E-state index is 13.1. The normalized spacial score (nSPS) is 15.6. The van der Waals surface area contributed by atoms with Crippen LogP contribution in [0, 0.1) is 5.82 Å². The highest BCUT2D eigenvalue weighted by molar-refractivity contribution is 7.89. The Hall–Kier alpha value is -2.45. The molecule has 0 aromatic heterocycles. The number of nitrogens with one attached hydrogen (secondary N) is 1. The minimum atomic E-state index is -3.52. The predicted molar refractivity (Wildman–Crippen MR) is 104 cm³/mol. The Bertz CT molecular complexity index is 908. The summed E-state index contributed by atoms with van der Waals surface area (Å²) in [5.41, 5.74) is 0.461. The molecule has 2 aromatic rings. The first-order valence-corrected chi connectivity index (χ1v) is 10.7. The molecule has 1 aliphatic rings. The summed E-state index contributed by atoms with van der Waals surface area (Å²) in [5.74, 6) is -0.611. The number of nitrogens with zero attached hydrogens (tertiary/aromatic N) is 1. The van der Waals surface area contributed by atoms with Gasteiger partial charge in [0.1, 0.15) is 11.6 Å². The Labute approximate surface area is 164 Å². The number of carbonyl (C=O) groups excluding carboxylic acids is 1. The number of anilines is 1. The molecule has 1 saturated heterocycles. The van der Waals surface area contributed by atoms with E-state index < -0.39 is 21.7 Å². The van der Waals surface area contributed by atoms with Crippen molar-refractivity contribution in [2.24, 2.45) is 0 Å². The Morgan fingerprint density at radius 1 is 1.04 bits per heavy atom. The molecular formula is C20H23FN2O4S. The van der Waals surface area contributed by atoms with Gasteiger partial charge in [-0.15, -0.1) is 0 Å². The molecular weight excluding hydrogens is 383 g/mol. The zero-order chi connectivity index (χ0) is 20.0. The number of sulfonamides is 1. The quantitative estimate of drug-likeness (QED) is 0.798. The van der Waals surface area contributed by atoms with Crippen LogP contribution in [0.5, 0.6) is 5.75 Å². The van der Waals surface area contributed by atoms with Crippen LogP contribution in [0.2, 0.25) is 0 Å². The van der Waals surface area contributed by atoms with E-state index in [2.05, 4.69) is 5.32 Å². The van der Waals surface area contributed by atoms with Crippen molar-refractivity contribution in [2.75, 3.05) is 25.0 Å². The summed E-state index contributed by atoms with van der Waals surface area (Å²) in [6.45, 7) is 0.799. The number of hydrogen-bond acceptors (Lipinski definition) is 4. The van der Waals surface area contributed by atoms with Crippen LogP contribution in [0.25, 0.3) is 0 Å². The van der Waals surface area contributed by atoms with Crippen LogP contribution in [0.3, 0.4) is 0 Å². The topological polar surface area (TPSA) is 75.7 Å². The molecule has 28 heavy (non-hydrogen) atoms. The summed E-state index contributed by atoms with van der Waals surface area (Å²) in [6, 6.07) is 11.6. The van der Waals surface area contributed by atoms with Crippen LogP contribution in [-0.2, 0) is 14.8 Å². The Morgan fingerprint density at radius 2 is 1.71 bits per heavy atom. The Balaban J connectivity index is 1.58. The summed E-state index contributed by atoms with van der Waals surface area (Å²) in [5, 5.41) is 2.63. The first-order valence-electron chi connectivity index (χ1n) is 9.23. The second-order valence-corrected chi connectivity index (χ2v) is 8.57. The monoisotopic (exact) mass is 406 g/mol. The fraction of sp³-hybridized carbons (Fsp3) is 0.350. The lowest BCUT2D eigenvalue weighted by atomic mass is 10.2. The first kappa shape index (κ1) is 20.3. The molecule has 8 heteroatoms. The van der Waals surface area contributed by atoms with E-state index in [0.29, 0.717) is 18.8 Å². The van der Waals surface area contributed by atoms with E-state index in [1.165, 1.54) is 34.6 Å². The zero-order valence-corrected chi connectivity index (χ0v) is 16.3. The van der Waals surface area contributed by atoms with Crippen molar-refractivity contribution in [1.29, 1.82) is 0 Å². The van der Waals surface area contributed by atoms with Crippen molar-refractivity contribution in [3.05, 3.63) is 54.3 Å². The van der Waals surface area contributed by atoms with Gasteiger partial charge < -0.3 is 10.1 Å². The van der Waals surface area contributed by atoms with Gasteiger partial charge in [0.25, 0.3) is 5.91 Å². The molecule has 1 N–H and O–H groups in total. The highest BCUT2D eigenvalue weighted by Crippen LogP contribution is 2.22. The SMILES string of the molecule is O=C(COc1cccc(F)c1)Nc1ccc(S(=O)(=O)N2CCCCCC2)cc1. The lowest BCUT2D eigenvalue weighted by molar-refractivity contribution is -0.118. The van der Waals surface area contributed by atoms with E-state index in [4.69, 9.17) is 4.74 Å². The second-order valence-electron chi connectivity index (χ2n) is 6.64. The van der Waals surface area contributed by atoms with Crippen molar-refractivity contribution in [3.8, 4) is 5.75 Å². The minimum Gasteiger partial charge on any atom is -0.484 e. The highest BCUT2D eigenvalue weighted by Gasteiger charge is 2.24. The van der Waals surface area contributed by atoms with E-state index in [1.807, 2.05) is 0 Å². The van der Waals surface area contributed by atoms with Crippen LogP contribution in [0.15, 0.2) is 53.4 Å². The standard InChI is InChI=1S/C20H23FN2O4S/c21-16-6-5-7-18(14-16)27-15-20(24)22-17-8-10-19(11-9-17)28(25,26)23-12-3-1-2-4-13-23/h5-11,14H,1-4,12-13,15H2,(H,22,24). The smallest absolute Gasteiger partial charge is 0.262 e. The van der Waals surface area contributed by atoms with Crippen LogP contribution in [0.4, 0.5) is 10.1 Å². The van der Waals surface area contributed by atoms with Crippen LogP contribution >= 0.6 is 0 Å². The van der Waals surface area contributed by atoms with Gasteiger partial charge in [-0.3, -0.25) is 4.79 Å². The number of hydrogen-bond donors (Lipinski definition) is 1. The summed E-state index contributed by atoms with van der Waals surface area (Å²) in [6.07, 6.45) is 3.85. The third-order valence-electron chi connectivity index (χ3n) is 4.51. The molecule has 0 aliphatic carbocycles. The predicted octanol–water partition coefficient (Wildman–Crippen LogP) is 3.41. The molecule has 6 nitrogen and oxygen atoms in total. The molecule has 1 heterocycles. The summed E-state index contributed by atoms with van der Waals surface area (Å²) < 4.78 is 45.4.